The molecule has 0 saturated heterocycles. The van der Waals surface area contributed by atoms with E-state index < -0.39 is 7.37 Å². The van der Waals surface area contributed by atoms with Crippen LogP contribution in [0.1, 0.15) is 1.43 Å². The van der Waals surface area contributed by atoms with Gasteiger partial charge in [0.15, 0.2) is 7.37 Å². The Morgan fingerprint density at radius 2 is 1.67 bits per heavy atom. The van der Waals surface area contributed by atoms with Crippen molar-refractivity contribution in [3.05, 3.63) is 0 Å². The van der Waals surface area contributed by atoms with Gasteiger partial charge in [-0.1, -0.05) is 0 Å². The Hall–Kier alpha value is 1.19. The van der Waals surface area contributed by atoms with Crippen LogP contribution in [0, 0.1) is 0 Å². The van der Waals surface area contributed by atoms with E-state index in [0.29, 0.717) is 0 Å². The van der Waals surface area contributed by atoms with E-state index in [1.165, 1.54) is 13.3 Å². The van der Waals surface area contributed by atoms with E-state index >= 15 is 0 Å². The minimum absolute atomic E-state index is 0. The summed E-state index contributed by atoms with van der Waals surface area (Å²) in [6, 6.07) is 0. The van der Waals surface area contributed by atoms with E-state index in [1.54, 1.807) is 0 Å². The molecule has 0 rings (SSSR count). The van der Waals surface area contributed by atoms with Gasteiger partial charge in [-0.3, -0.25) is 4.57 Å². The predicted octanol–water partition coefficient (Wildman–Crippen LogP) is -2.37. The molecule has 34 valence electrons. The van der Waals surface area contributed by atoms with Crippen molar-refractivity contribution in [3.8, 4) is 0 Å². The fraction of sp³-hybridized carbons (Fsp3) is 1.00. The summed E-state index contributed by atoms with van der Waals surface area (Å²) in [5.74, 6) is 0. The van der Waals surface area contributed by atoms with Crippen molar-refractivity contribution in [1.82, 2.24) is 0 Å². The molecule has 2 nitrogen and oxygen atoms in total. The Kier molecular flexibility index (Phi) is 5.50. The average Bonchev–Trinajstić information content (AvgIpc) is 0.722. The van der Waals surface area contributed by atoms with Crippen LogP contribution in [-0.4, -0.2) is 18.2 Å². The molecule has 0 bridgehead atoms. The third-order valence-electron chi connectivity index (χ3n) is 0. The molecule has 0 aliphatic heterocycles. The van der Waals surface area contributed by atoms with Gasteiger partial charge < -0.3 is 6.32 Å². The molecule has 0 amide bonds. The molecule has 6 heavy (non-hydrogen) atoms. The minimum atomic E-state index is -2.64. The summed E-state index contributed by atoms with van der Waals surface area (Å²) in [5, 5.41) is 0. The molecule has 0 fully saturated rings. The molecule has 0 saturated carbocycles. The van der Waals surface area contributed by atoms with Crippen molar-refractivity contribution in [2.75, 3.05) is 13.3 Å². The molecule has 4 heteroatoms. The molecule has 0 aliphatic carbocycles. The Bertz CT molecular complexity index is 61.8. The topological polar surface area (TPSA) is 37.3 Å². The van der Waals surface area contributed by atoms with Crippen molar-refractivity contribution in [3.63, 3.8) is 0 Å². The standard InChI is InChI=1S/C2H7O2P.Na.H/c1-5(2,3)4;;/h1-2H3,(H,3,4);;/q;+1;-1. The van der Waals surface area contributed by atoms with Crippen LogP contribution in [0.15, 0.2) is 0 Å². The SMILES string of the molecule is CP(C)(=O)O.[H-].[Na+]. The second-order valence-corrected chi connectivity index (χ2v) is 3.88. The van der Waals surface area contributed by atoms with Crippen LogP contribution >= 0.6 is 7.37 Å². The summed E-state index contributed by atoms with van der Waals surface area (Å²) in [7, 11) is -2.64. The van der Waals surface area contributed by atoms with Gasteiger partial charge in [0.25, 0.3) is 0 Å². The van der Waals surface area contributed by atoms with Crippen LogP contribution in [0.2, 0.25) is 0 Å². The maximum atomic E-state index is 9.77. The fourth-order valence-electron chi connectivity index (χ4n) is 0. The molecule has 0 aromatic rings. The van der Waals surface area contributed by atoms with Gasteiger partial charge in [0.1, 0.15) is 0 Å². The fourth-order valence-corrected chi connectivity index (χ4v) is 0. The van der Waals surface area contributed by atoms with Crippen LogP contribution in [0.5, 0.6) is 0 Å². The third-order valence-corrected chi connectivity index (χ3v) is 0. The molecule has 1 N–H and O–H groups in total. The average molecular weight is 118 g/mol. The van der Waals surface area contributed by atoms with Crippen molar-refractivity contribution in [2.24, 2.45) is 0 Å². The van der Waals surface area contributed by atoms with Gasteiger partial charge in [-0.25, -0.2) is 0 Å². The summed E-state index contributed by atoms with van der Waals surface area (Å²) >= 11 is 0. The van der Waals surface area contributed by atoms with Crippen LogP contribution in [0.4, 0.5) is 0 Å². The summed E-state index contributed by atoms with van der Waals surface area (Å²) in [4.78, 5) is 8.08. The van der Waals surface area contributed by atoms with E-state index in [1.807, 2.05) is 0 Å². The molecule has 0 unspecified atom stereocenters. The zero-order valence-corrected chi connectivity index (χ0v) is 7.20. The van der Waals surface area contributed by atoms with Crippen LogP contribution < -0.4 is 29.6 Å². The number of rotatable bonds is 0. The molecule has 0 aromatic carbocycles. The number of hydrogen-bond donors (Lipinski definition) is 1. The number of hydrogen-bond acceptors (Lipinski definition) is 1. The zero-order chi connectivity index (χ0) is 4.50. The normalized spacial score (nSPS) is 9.83. The first-order valence-electron chi connectivity index (χ1n) is 1.28. The molecule has 0 aliphatic rings. The predicted molar refractivity (Wildman–Crippen MR) is 22.8 cm³/mol. The van der Waals surface area contributed by atoms with Crippen LogP contribution in [0.25, 0.3) is 0 Å². The van der Waals surface area contributed by atoms with E-state index in [9.17, 15) is 4.57 Å². The summed E-state index contributed by atoms with van der Waals surface area (Å²) in [6.45, 7) is 2.60. The smallest absolute Gasteiger partial charge is 1.00 e. The van der Waals surface area contributed by atoms with Crippen molar-refractivity contribution >= 4 is 7.37 Å². The molecular weight excluding hydrogens is 110 g/mol. The van der Waals surface area contributed by atoms with Gasteiger partial charge in [0.2, 0.25) is 0 Å². The minimum Gasteiger partial charge on any atom is -1.00 e. The first-order valence-corrected chi connectivity index (χ1v) is 3.83. The van der Waals surface area contributed by atoms with E-state index in [2.05, 4.69) is 0 Å². The third kappa shape index (κ3) is 64.3. The van der Waals surface area contributed by atoms with E-state index in [-0.39, 0.29) is 31.0 Å². The van der Waals surface area contributed by atoms with Gasteiger partial charge in [0.05, 0.1) is 0 Å². The maximum absolute atomic E-state index is 9.77. The van der Waals surface area contributed by atoms with Crippen molar-refractivity contribution in [1.29, 1.82) is 0 Å². The molecule has 0 atom stereocenters. The van der Waals surface area contributed by atoms with Gasteiger partial charge in [-0.15, -0.1) is 0 Å². The first-order chi connectivity index (χ1) is 2.00. The Labute approximate surface area is 61.2 Å². The molecule has 0 radical (unpaired) electrons. The maximum Gasteiger partial charge on any atom is 1.00 e. The van der Waals surface area contributed by atoms with Crippen LogP contribution in [-0.2, 0) is 4.57 Å². The van der Waals surface area contributed by atoms with E-state index in [0.717, 1.165) is 0 Å². The van der Waals surface area contributed by atoms with Gasteiger partial charge in [-0.05, 0) is 0 Å². The van der Waals surface area contributed by atoms with Crippen LogP contribution in [0.3, 0.4) is 0 Å². The molecule has 0 aromatic heterocycles. The molecule has 0 heterocycles. The Morgan fingerprint density at radius 1 is 1.67 bits per heavy atom. The Balaban J connectivity index is -0.0000000800. The second-order valence-electron chi connectivity index (χ2n) is 1.29. The monoisotopic (exact) mass is 118 g/mol. The Morgan fingerprint density at radius 3 is 1.67 bits per heavy atom. The largest absolute Gasteiger partial charge is 1.00 e. The summed E-state index contributed by atoms with van der Waals surface area (Å²) < 4.78 is 9.77. The summed E-state index contributed by atoms with van der Waals surface area (Å²) in [6.07, 6.45) is 0. The zero-order valence-electron chi connectivity index (χ0n) is 5.30. The first kappa shape index (κ1) is 10.2. The van der Waals surface area contributed by atoms with Gasteiger partial charge in [0, 0.05) is 13.3 Å². The quantitative estimate of drug-likeness (QED) is 0.285. The molecule has 0 spiro atoms. The van der Waals surface area contributed by atoms with Gasteiger partial charge in [-0.2, -0.15) is 0 Å². The van der Waals surface area contributed by atoms with Crippen molar-refractivity contribution in [2.45, 2.75) is 0 Å². The van der Waals surface area contributed by atoms with Crippen molar-refractivity contribution < 1.29 is 40.4 Å². The van der Waals surface area contributed by atoms with Gasteiger partial charge >= 0.3 is 29.6 Å². The molecular formula is C2H8NaO2P. The summed E-state index contributed by atoms with van der Waals surface area (Å²) in [5.41, 5.74) is 0. The second kappa shape index (κ2) is 3.23. The van der Waals surface area contributed by atoms with E-state index in [4.69, 9.17) is 4.89 Å².